The van der Waals surface area contributed by atoms with E-state index in [1.165, 1.54) is 0 Å². The molecule has 1 aromatic carbocycles. The van der Waals surface area contributed by atoms with Crippen LogP contribution in [0.1, 0.15) is 28.8 Å². The Kier molecular flexibility index (Phi) is 3.46. The van der Waals surface area contributed by atoms with Gasteiger partial charge in [0.2, 0.25) is 5.78 Å². The fraction of sp³-hybridized carbons (Fsp3) is 0.286. The van der Waals surface area contributed by atoms with Gasteiger partial charge in [0.15, 0.2) is 0 Å². The molecule has 0 amide bonds. The van der Waals surface area contributed by atoms with Crippen LogP contribution in [0.4, 0.5) is 0 Å². The van der Waals surface area contributed by atoms with Gasteiger partial charge in [-0.1, -0.05) is 6.92 Å². The van der Waals surface area contributed by atoms with Gasteiger partial charge in [0.05, 0.1) is 13.3 Å². The van der Waals surface area contributed by atoms with E-state index in [0.29, 0.717) is 11.3 Å². The average molecular weight is 244 g/mol. The molecule has 0 bridgehead atoms. The molecule has 1 heterocycles. The molecule has 1 aromatic heterocycles. The van der Waals surface area contributed by atoms with Gasteiger partial charge in [-0.15, -0.1) is 0 Å². The summed E-state index contributed by atoms with van der Waals surface area (Å²) in [6.07, 6.45) is 2.44. The van der Waals surface area contributed by atoms with Crippen molar-refractivity contribution in [1.82, 2.24) is 9.55 Å². The van der Waals surface area contributed by atoms with Crippen LogP contribution in [-0.4, -0.2) is 22.4 Å². The van der Waals surface area contributed by atoms with Crippen LogP contribution in [0.15, 0.2) is 30.5 Å². The van der Waals surface area contributed by atoms with Crippen molar-refractivity contribution in [3.05, 3.63) is 47.5 Å². The van der Waals surface area contributed by atoms with Gasteiger partial charge >= 0.3 is 0 Å². The lowest BCUT2D eigenvalue weighted by atomic mass is 10.1. The number of aryl methyl sites for hydroxylation is 1. The molecular formula is C14H16N2O2. The molecule has 4 heteroatoms. The van der Waals surface area contributed by atoms with E-state index in [4.69, 9.17) is 4.74 Å². The molecule has 0 radical (unpaired) electrons. The van der Waals surface area contributed by atoms with E-state index in [1.54, 1.807) is 37.6 Å². The smallest absolute Gasteiger partial charge is 0.211 e. The number of benzene rings is 1. The van der Waals surface area contributed by atoms with Crippen molar-refractivity contribution in [3.63, 3.8) is 0 Å². The molecule has 2 rings (SSSR count). The fourth-order valence-electron chi connectivity index (χ4n) is 1.88. The zero-order chi connectivity index (χ0) is 13.1. The monoisotopic (exact) mass is 244 g/mol. The maximum absolute atomic E-state index is 12.3. The van der Waals surface area contributed by atoms with E-state index in [0.717, 1.165) is 18.0 Å². The average Bonchev–Trinajstić information content (AvgIpc) is 2.79. The molecule has 2 aromatic rings. The summed E-state index contributed by atoms with van der Waals surface area (Å²) >= 11 is 0. The maximum atomic E-state index is 12.3. The standard InChI is InChI=1S/C14H16N2O2/c1-4-13-15-9-12(16(13)2)14(17)10-5-7-11(18-3)8-6-10/h5-9H,4H2,1-3H3. The normalized spacial score (nSPS) is 10.4. The van der Waals surface area contributed by atoms with Gasteiger partial charge < -0.3 is 9.30 Å². The highest BCUT2D eigenvalue weighted by Crippen LogP contribution is 2.15. The molecule has 18 heavy (non-hydrogen) atoms. The van der Waals surface area contributed by atoms with Gasteiger partial charge in [-0.3, -0.25) is 4.79 Å². The highest BCUT2D eigenvalue weighted by atomic mass is 16.5. The van der Waals surface area contributed by atoms with E-state index in [-0.39, 0.29) is 5.78 Å². The fourth-order valence-corrected chi connectivity index (χ4v) is 1.88. The second kappa shape index (κ2) is 5.04. The molecule has 0 unspecified atom stereocenters. The van der Waals surface area contributed by atoms with E-state index >= 15 is 0 Å². The van der Waals surface area contributed by atoms with Crippen LogP contribution in [0.5, 0.6) is 5.75 Å². The summed E-state index contributed by atoms with van der Waals surface area (Å²) in [5, 5.41) is 0. The van der Waals surface area contributed by atoms with E-state index < -0.39 is 0 Å². The van der Waals surface area contributed by atoms with Gasteiger partial charge in [0.1, 0.15) is 17.3 Å². The van der Waals surface area contributed by atoms with Crippen molar-refractivity contribution in [3.8, 4) is 5.75 Å². The summed E-state index contributed by atoms with van der Waals surface area (Å²) < 4.78 is 6.91. The van der Waals surface area contributed by atoms with Gasteiger partial charge in [-0.2, -0.15) is 0 Å². The van der Waals surface area contributed by atoms with Crippen LogP contribution in [0.2, 0.25) is 0 Å². The number of carbonyl (C=O) groups is 1. The lowest BCUT2D eigenvalue weighted by Gasteiger charge is -2.05. The Morgan fingerprint density at radius 2 is 2.00 bits per heavy atom. The van der Waals surface area contributed by atoms with Crippen LogP contribution in [0.25, 0.3) is 0 Å². The second-order valence-electron chi connectivity index (χ2n) is 4.03. The molecule has 94 valence electrons. The largest absolute Gasteiger partial charge is 0.497 e. The number of hydrogen-bond donors (Lipinski definition) is 0. The Morgan fingerprint density at radius 1 is 1.33 bits per heavy atom. The Labute approximate surface area is 106 Å². The van der Waals surface area contributed by atoms with Crippen LogP contribution >= 0.6 is 0 Å². The van der Waals surface area contributed by atoms with Crippen molar-refractivity contribution in [2.24, 2.45) is 7.05 Å². The van der Waals surface area contributed by atoms with Crippen LogP contribution in [-0.2, 0) is 13.5 Å². The third kappa shape index (κ3) is 2.14. The number of ketones is 1. The van der Waals surface area contributed by atoms with Crippen molar-refractivity contribution < 1.29 is 9.53 Å². The van der Waals surface area contributed by atoms with Crippen molar-refractivity contribution >= 4 is 5.78 Å². The molecule has 0 saturated carbocycles. The minimum Gasteiger partial charge on any atom is -0.497 e. The molecule has 0 spiro atoms. The summed E-state index contributed by atoms with van der Waals surface area (Å²) in [4.78, 5) is 16.5. The minimum absolute atomic E-state index is 0.0210. The first kappa shape index (κ1) is 12.4. The third-order valence-corrected chi connectivity index (χ3v) is 2.99. The third-order valence-electron chi connectivity index (χ3n) is 2.99. The molecule has 0 atom stereocenters. The summed E-state index contributed by atoms with van der Waals surface area (Å²) in [6, 6.07) is 7.09. The first-order valence-electron chi connectivity index (χ1n) is 5.86. The molecule has 0 aliphatic heterocycles. The number of hydrogen-bond acceptors (Lipinski definition) is 3. The number of nitrogens with zero attached hydrogens (tertiary/aromatic N) is 2. The summed E-state index contributed by atoms with van der Waals surface area (Å²) in [5.41, 5.74) is 1.25. The number of imidazole rings is 1. The Morgan fingerprint density at radius 3 is 2.50 bits per heavy atom. The minimum atomic E-state index is -0.0210. The molecular weight excluding hydrogens is 228 g/mol. The Bertz CT molecular complexity index is 556. The van der Waals surface area contributed by atoms with Crippen molar-refractivity contribution in [1.29, 1.82) is 0 Å². The number of methoxy groups -OCH3 is 1. The van der Waals surface area contributed by atoms with Gasteiger partial charge in [-0.05, 0) is 24.3 Å². The van der Waals surface area contributed by atoms with Crippen LogP contribution in [0, 0.1) is 0 Å². The SMILES string of the molecule is CCc1ncc(C(=O)c2ccc(OC)cc2)n1C. The van der Waals surface area contributed by atoms with E-state index in [2.05, 4.69) is 4.98 Å². The number of aromatic nitrogens is 2. The molecule has 0 N–H and O–H groups in total. The molecule has 0 aliphatic rings. The van der Waals surface area contributed by atoms with Gasteiger partial charge in [0.25, 0.3) is 0 Å². The quantitative estimate of drug-likeness (QED) is 0.775. The lowest BCUT2D eigenvalue weighted by molar-refractivity contribution is 0.103. The predicted molar refractivity (Wildman–Crippen MR) is 69.0 cm³/mol. The van der Waals surface area contributed by atoms with E-state index in [1.807, 2.05) is 18.5 Å². The Balaban J connectivity index is 2.32. The molecule has 0 aliphatic carbocycles. The number of carbonyl (C=O) groups excluding carboxylic acids is 1. The second-order valence-corrected chi connectivity index (χ2v) is 4.03. The van der Waals surface area contributed by atoms with E-state index in [9.17, 15) is 4.79 Å². The van der Waals surface area contributed by atoms with Crippen LogP contribution < -0.4 is 4.74 Å². The summed E-state index contributed by atoms with van der Waals surface area (Å²) in [7, 11) is 3.47. The first-order valence-corrected chi connectivity index (χ1v) is 5.86. The number of rotatable bonds is 4. The predicted octanol–water partition coefficient (Wildman–Crippen LogP) is 2.22. The topological polar surface area (TPSA) is 44.1 Å². The van der Waals surface area contributed by atoms with Crippen molar-refractivity contribution in [2.45, 2.75) is 13.3 Å². The summed E-state index contributed by atoms with van der Waals surface area (Å²) in [5.74, 6) is 1.63. The maximum Gasteiger partial charge on any atom is 0.211 e. The zero-order valence-electron chi connectivity index (χ0n) is 10.8. The Hall–Kier alpha value is -2.10. The van der Waals surface area contributed by atoms with Crippen LogP contribution in [0.3, 0.4) is 0 Å². The zero-order valence-corrected chi connectivity index (χ0v) is 10.8. The van der Waals surface area contributed by atoms with Crippen molar-refractivity contribution in [2.75, 3.05) is 7.11 Å². The first-order chi connectivity index (χ1) is 8.67. The van der Waals surface area contributed by atoms with Gasteiger partial charge in [-0.25, -0.2) is 4.98 Å². The molecule has 0 fully saturated rings. The lowest BCUT2D eigenvalue weighted by Crippen LogP contribution is -2.09. The number of ether oxygens (including phenoxy) is 1. The highest BCUT2D eigenvalue weighted by molar-refractivity contribution is 6.07. The highest BCUT2D eigenvalue weighted by Gasteiger charge is 2.15. The van der Waals surface area contributed by atoms with Gasteiger partial charge in [0, 0.05) is 19.0 Å². The summed E-state index contributed by atoms with van der Waals surface area (Å²) in [6.45, 7) is 2.02. The molecule has 0 saturated heterocycles. The molecule has 4 nitrogen and oxygen atoms in total.